The normalized spacial score (nSPS) is 20.1. The molecular formula is C26H36N6O2. The van der Waals surface area contributed by atoms with E-state index >= 15 is 0 Å². The molecule has 8 nitrogen and oxygen atoms in total. The molecule has 1 saturated heterocycles. The summed E-state index contributed by atoms with van der Waals surface area (Å²) in [4.78, 5) is 18.7. The van der Waals surface area contributed by atoms with Gasteiger partial charge in [0, 0.05) is 25.3 Å². The number of nitrogens with zero attached hydrogens (tertiary/aromatic N) is 5. The number of aromatic amines is 1. The summed E-state index contributed by atoms with van der Waals surface area (Å²) < 4.78 is 8.07. The monoisotopic (exact) mass is 464 g/mol. The van der Waals surface area contributed by atoms with Crippen molar-refractivity contribution in [3.8, 4) is 0 Å². The van der Waals surface area contributed by atoms with Gasteiger partial charge in [-0.1, -0.05) is 31.4 Å². The SMILES string of the molecule is CCC(c1nnnn1C1CCCC1)N(Cc1cc2cc(C)cc(C)c2[nH]c1=O)CC1CCCO1. The van der Waals surface area contributed by atoms with E-state index in [1.54, 1.807) is 0 Å². The summed E-state index contributed by atoms with van der Waals surface area (Å²) in [5.41, 5.74) is 3.96. The van der Waals surface area contributed by atoms with Crippen LogP contribution < -0.4 is 5.56 Å². The van der Waals surface area contributed by atoms with Crippen LogP contribution in [-0.4, -0.2) is 49.3 Å². The third kappa shape index (κ3) is 4.66. The third-order valence-electron chi connectivity index (χ3n) is 7.52. The topological polar surface area (TPSA) is 88.9 Å². The number of pyridine rings is 1. The summed E-state index contributed by atoms with van der Waals surface area (Å²) in [6.07, 6.45) is 7.89. The molecule has 34 heavy (non-hydrogen) atoms. The first-order chi connectivity index (χ1) is 16.5. The predicted octanol–water partition coefficient (Wildman–Crippen LogP) is 4.38. The maximum atomic E-state index is 13.2. The van der Waals surface area contributed by atoms with Crippen molar-refractivity contribution in [3.05, 3.63) is 51.1 Å². The zero-order chi connectivity index (χ0) is 23.7. The summed E-state index contributed by atoms with van der Waals surface area (Å²) in [7, 11) is 0. The zero-order valence-corrected chi connectivity index (χ0v) is 20.6. The number of hydrogen-bond donors (Lipinski definition) is 1. The van der Waals surface area contributed by atoms with Crippen molar-refractivity contribution in [1.82, 2.24) is 30.1 Å². The van der Waals surface area contributed by atoms with Crippen LogP contribution in [0.3, 0.4) is 0 Å². The number of tetrazole rings is 1. The minimum Gasteiger partial charge on any atom is -0.377 e. The van der Waals surface area contributed by atoms with E-state index in [4.69, 9.17) is 4.74 Å². The van der Waals surface area contributed by atoms with Crippen LogP contribution in [0.1, 0.15) is 86.5 Å². The lowest BCUT2D eigenvalue weighted by atomic mass is 10.0. The molecule has 5 rings (SSSR count). The number of fused-ring (bicyclic) bond motifs is 1. The third-order valence-corrected chi connectivity index (χ3v) is 7.52. The summed E-state index contributed by atoms with van der Waals surface area (Å²) in [5, 5.41) is 14.0. The van der Waals surface area contributed by atoms with Crippen molar-refractivity contribution in [2.45, 2.75) is 90.4 Å². The van der Waals surface area contributed by atoms with Gasteiger partial charge in [-0.15, -0.1) is 5.10 Å². The number of aryl methyl sites for hydroxylation is 2. The van der Waals surface area contributed by atoms with E-state index in [1.807, 2.05) is 6.92 Å². The Kier molecular flexibility index (Phi) is 6.79. The highest BCUT2D eigenvalue weighted by atomic mass is 16.5. The molecule has 8 heteroatoms. The second-order valence-electron chi connectivity index (χ2n) is 10.1. The molecule has 2 atom stereocenters. The first-order valence-corrected chi connectivity index (χ1v) is 12.8. The van der Waals surface area contributed by atoms with Gasteiger partial charge in [0.1, 0.15) is 0 Å². The van der Waals surface area contributed by atoms with E-state index in [0.717, 1.165) is 73.1 Å². The average molecular weight is 465 g/mol. The Morgan fingerprint density at radius 3 is 2.74 bits per heavy atom. The van der Waals surface area contributed by atoms with Crippen molar-refractivity contribution in [3.63, 3.8) is 0 Å². The van der Waals surface area contributed by atoms with E-state index in [9.17, 15) is 4.79 Å². The highest BCUT2D eigenvalue weighted by Crippen LogP contribution is 2.33. The van der Waals surface area contributed by atoms with Crippen molar-refractivity contribution in [1.29, 1.82) is 0 Å². The molecule has 1 aliphatic heterocycles. The van der Waals surface area contributed by atoms with Crippen molar-refractivity contribution in [2.75, 3.05) is 13.2 Å². The van der Waals surface area contributed by atoms with Crippen LogP contribution in [0.4, 0.5) is 0 Å². The molecule has 182 valence electrons. The number of benzene rings is 1. The second-order valence-corrected chi connectivity index (χ2v) is 10.1. The summed E-state index contributed by atoms with van der Waals surface area (Å²) in [5.74, 6) is 0.913. The largest absolute Gasteiger partial charge is 0.377 e. The smallest absolute Gasteiger partial charge is 0.252 e. The lowest BCUT2D eigenvalue weighted by Crippen LogP contribution is -2.38. The fourth-order valence-corrected chi connectivity index (χ4v) is 5.85. The van der Waals surface area contributed by atoms with Crippen molar-refractivity contribution >= 4 is 10.9 Å². The van der Waals surface area contributed by atoms with Gasteiger partial charge in [0.25, 0.3) is 5.56 Å². The molecule has 2 aliphatic rings. The van der Waals surface area contributed by atoms with Crippen LogP contribution in [0.5, 0.6) is 0 Å². The Morgan fingerprint density at radius 2 is 2.00 bits per heavy atom. The lowest BCUT2D eigenvalue weighted by Gasteiger charge is -2.32. The van der Waals surface area contributed by atoms with Crippen LogP contribution >= 0.6 is 0 Å². The van der Waals surface area contributed by atoms with Gasteiger partial charge in [-0.25, -0.2) is 4.68 Å². The molecule has 3 aromatic rings. The first kappa shape index (κ1) is 23.2. The molecule has 3 heterocycles. The van der Waals surface area contributed by atoms with Crippen molar-refractivity contribution in [2.24, 2.45) is 0 Å². The molecule has 1 N–H and O–H groups in total. The Bertz CT molecular complexity index is 1190. The molecule has 2 fully saturated rings. The molecule has 0 radical (unpaired) electrons. The van der Waals surface area contributed by atoms with Crippen LogP contribution in [0.25, 0.3) is 10.9 Å². The fraction of sp³-hybridized carbons (Fsp3) is 0.615. The number of H-pyrrole nitrogens is 1. The minimum absolute atomic E-state index is 0.0224. The highest BCUT2D eigenvalue weighted by Gasteiger charge is 2.31. The molecular weight excluding hydrogens is 428 g/mol. The summed E-state index contributed by atoms with van der Waals surface area (Å²) in [6.45, 7) is 8.43. The predicted molar refractivity (Wildman–Crippen MR) is 132 cm³/mol. The van der Waals surface area contributed by atoms with Gasteiger partial charge in [0.15, 0.2) is 5.82 Å². The number of nitrogens with one attached hydrogen (secondary N) is 1. The van der Waals surface area contributed by atoms with E-state index in [-0.39, 0.29) is 17.7 Å². The van der Waals surface area contributed by atoms with Gasteiger partial charge in [-0.2, -0.15) is 0 Å². The van der Waals surface area contributed by atoms with Crippen LogP contribution in [0.2, 0.25) is 0 Å². The van der Waals surface area contributed by atoms with Gasteiger partial charge in [0.05, 0.1) is 23.7 Å². The number of aromatic nitrogens is 5. The lowest BCUT2D eigenvalue weighted by molar-refractivity contribution is 0.0484. The maximum absolute atomic E-state index is 13.2. The Balaban J connectivity index is 1.50. The van der Waals surface area contributed by atoms with Gasteiger partial charge in [-0.05, 0) is 79.5 Å². The Hall–Kier alpha value is -2.58. The molecule has 0 bridgehead atoms. The van der Waals surface area contributed by atoms with Crippen molar-refractivity contribution < 1.29 is 4.74 Å². The molecule has 1 aliphatic carbocycles. The van der Waals surface area contributed by atoms with E-state index in [0.29, 0.717) is 12.6 Å². The average Bonchev–Trinajstić information content (AvgIpc) is 3.58. The van der Waals surface area contributed by atoms with Crippen LogP contribution in [-0.2, 0) is 11.3 Å². The number of hydrogen-bond acceptors (Lipinski definition) is 6. The van der Waals surface area contributed by atoms with Crippen LogP contribution in [0, 0.1) is 13.8 Å². The molecule has 2 unspecified atom stereocenters. The highest BCUT2D eigenvalue weighted by molar-refractivity contribution is 5.82. The molecule has 0 spiro atoms. The maximum Gasteiger partial charge on any atom is 0.252 e. The quantitative estimate of drug-likeness (QED) is 0.532. The molecule has 1 aromatic carbocycles. The van der Waals surface area contributed by atoms with Gasteiger partial charge < -0.3 is 9.72 Å². The van der Waals surface area contributed by atoms with Gasteiger partial charge in [-0.3, -0.25) is 9.69 Å². The molecule has 2 aromatic heterocycles. The second kappa shape index (κ2) is 9.96. The minimum atomic E-state index is -0.0259. The number of rotatable bonds is 8. The van der Waals surface area contributed by atoms with E-state index in [1.165, 1.54) is 18.4 Å². The standard InChI is InChI=1S/C26H36N6O2/c1-4-23(25-28-29-30-32(25)21-8-5-6-9-21)31(16-22-10-7-11-34-22)15-20-14-19-13-17(2)12-18(3)24(19)27-26(20)33/h12-14,21-23H,4-11,15-16H2,1-3H3,(H,27,33). The molecule has 0 amide bonds. The summed E-state index contributed by atoms with van der Waals surface area (Å²) >= 11 is 0. The first-order valence-electron chi connectivity index (χ1n) is 12.8. The van der Waals surface area contributed by atoms with Gasteiger partial charge in [0.2, 0.25) is 0 Å². The Morgan fingerprint density at radius 1 is 1.18 bits per heavy atom. The molecule has 1 saturated carbocycles. The zero-order valence-electron chi connectivity index (χ0n) is 20.6. The summed E-state index contributed by atoms with van der Waals surface area (Å²) in [6, 6.07) is 6.71. The number of ether oxygens (including phenoxy) is 1. The van der Waals surface area contributed by atoms with Crippen LogP contribution in [0.15, 0.2) is 23.0 Å². The fourth-order valence-electron chi connectivity index (χ4n) is 5.85. The van der Waals surface area contributed by atoms with Gasteiger partial charge >= 0.3 is 0 Å². The van der Waals surface area contributed by atoms with E-state index < -0.39 is 0 Å². The van der Waals surface area contributed by atoms with E-state index in [2.05, 4.69) is 62.1 Å². The Labute approximate surface area is 200 Å².